The highest BCUT2D eigenvalue weighted by molar-refractivity contribution is 5.90. The van der Waals surface area contributed by atoms with Gasteiger partial charge in [-0.2, -0.15) is 0 Å². The molecule has 0 saturated carbocycles. The molecule has 1 fully saturated rings. The maximum Gasteiger partial charge on any atom is 0.227 e. The molecule has 2 aromatic carbocycles. The highest BCUT2D eigenvalue weighted by atomic mass is 16.3. The van der Waals surface area contributed by atoms with Crippen LogP contribution in [-0.4, -0.2) is 34.6 Å². The number of carbonyl (C=O) groups excluding carboxylic acids is 1. The van der Waals surface area contributed by atoms with E-state index in [0.717, 1.165) is 16.3 Å². The molecule has 1 N–H and O–H groups in total. The summed E-state index contributed by atoms with van der Waals surface area (Å²) < 4.78 is 0. The zero-order valence-electron chi connectivity index (χ0n) is 12.5. The zero-order chi connectivity index (χ0) is 15.0. The fourth-order valence-electron chi connectivity index (χ4n) is 2.88. The number of hydrogen-bond donors (Lipinski definition) is 1. The highest BCUT2D eigenvalue weighted by Gasteiger charge is 2.45. The number of fused-ring (bicyclic) bond motifs is 1. The van der Waals surface area contributed by atoms with Gasteiger partial charge in [-0.3, -0.25) is 4.79 Å². The Labute approximate surface area is 125 Å². The molecule has 0 radical (unpaired) electrons. The van der Waals surface area contributed by atoms with Crippen molar-refractivity contribution in [2.75, 3.05) is 13.1 Å². The van der Waals surface area contributed by atoms with Gasteiger partial charge in [-0.25, -0.2) is 0 Å². The van der Waals surface area contributed by atoms with Crippen LogP contribution in [0.15, 0.2) is 42.5 Å². The summed E-state index contributed by atoms with van der Waals surface area (Å²) in [4.78, 5) is 14.1. The Hall–Kier alpha value is -1.87. The van der Waals surface area contributed by atoms with Gasteiger partial charge in [0.1, 0.15) is 5.60 Å². The summed E-state index contributed by atoms with van der Waals surface area (Å²) in [5, 5.41) is 12.5. The number of aliphatic hydroxyl groups is 1. The summed E-state index contributed by atoms with van der Waals surface area (Å²) in [7, 11) is 0. The molecule has 1 saturated heterocycles. The molecule has 1 amide bonds. The first-order chi connectivity index (χ1) is 9.99. The average Bonchev–Trinajstić information content (AvgIpc) is 2.44. The van der Waals surface area contributed by atoms with Gasteiger partial charge in [0.15, 0.2) is 0 Å². The summed E-state index contributed by atoms with van der Waals surface area (Å²) >= 11 is 0. The van der Waals surface area contributed by atoms with E-state index in [-0.39, 0.29) is 11.8 Å². The van der Waals surface area contributed by atoms with Crippen LogP contribution in [0.5, 0.6) is 0 Å². The molecule has 110 valence electrons. The van der Waals surface area contributed by atoms with Crippen LogP contribution >= 0.6 is 0 Å². The molecular weight excluding hydrogens is 262 g/mol. The Morgan fingerprint density at radius 1 is 1.19 bits per heavy atom. The number of amides is 1. The normalized spacial score (nSPS) is 17.0. The van der Waals surface area contributed by atoms with E-state index in [9.17, 15) is 9.90 Å². The summed E-state index contributed by atoms with van der Waals surface area (Å²) in [6.45, 7) is 4.89. The largest absolute Gasteiger partial charge is 0.386 e. The number of carbonyl (C=O) groups is 1. The van der Waals surface area contributed by atoms with Gasteiger partial charge in [-0.15, -0.1) is 0 Å². The fourth-order valence-corrected chi connectivity index (χ4v) is 2.88. The van der Waals surface area contributed by atoms with Crippen LogP contribution in [0.1, 0.15) is 19.4 Å². The first-order valence-electron chi connectivity index (χ1n) is 7.46. The van der Waals surface area contributed by atoms with Crippen molar-refractivity contribution in [3.8, 4) is 0 Å². The van der Waals surface area contributed by atoms with Crippen molar-refractivity contribution in [1.29, 1.82) is 0 Å². The molecule has 21 heavy (non-hydrogen) atoms. The lowest BCUT2D eigenvalue weighted by Gasteiger charge is -2.49. The van der Waals surface area contributed by atoms with Gasteiger partial charge in [0, 0.05) is 0 Å². The van der Waals surface area contributed by atoms with Crippen LogP contribution in [0.4, 0.5) is 0 Å². The van der Waals surface area contributed by atoms with Gasteiger partial charge in [-0.05, 0) is 22.3 Å². The van der Waals surface area contributed by atoms with Crippen molar-refractivity contribution < 1.29 is 9.90 Å². The lowest BCUT2D eigenvalue weighted by molar-refractivity contribution is -0.163. The quantitative estimate of drug-likeness (QED) is 0.940. The maximum atomic E-state index is 12.4. The van der Waals surface area contributed by atoms with Gasteiger partial charge in [0.25, 0.3) is 0 Å². The van der Waals surface area contributed by atoms with E-state index in [1.54, 1.807) is 4.90 Å². The van der Waals surface area contributed by atoms with Gasteiger partial charge in [-0.1, -0.05) is 56.3 Å². The summed E-state index contributed by atoms with van der Waals surface area (Å²) in [5.41, 5.74) is 0.354. The van der Waals surface area contributed by atoms with Crippen molar-refractivity contribution in [2.24, 2.45) is 5.92 Å². The molecule has 3 rings (SSSR count). The number of nitrogens with zero attached hydrogens (tertiary/aromatic N) is 1. The molecule has 1 heterocycles. The minimum atomic E-state index is -0.700. The Balaban J connectivity index is 1.74. The molecule has 3 heteroatoms. The monoisotopic (exact) mass is 283 g/mol. The number of benzene rings is 2. The minimum Gasteiger partial charge on any atom is -0.386 e. The number of rotatable bonds is 3. The second-order valence-electron chi connectivity index (χ2n) is 6.32. The molecule has 2 aromatic rings. The van der Waals surface area contributed by atoms with E-state index < -0.39 is 5.60 Å². The van der Waals surface area contributed by atoms with Gasteiger partial charge >= 0.3 is 0 Å². The lowest BCUT2D eigenvalue weighted by atomic mass is 9.82. The predicted molar refractivity (Wildman–Crippen MR) is 84.0 cm³/mol. The third-order valence-electron chi connectivity index (χ3n) is 4.58. The van der Waals surface area contributed by atoms with Crippen molar-refractivity contribution in [1.82, 2.24) is 4.90 Å². The van der Waals surface area contributed by atoms with Gasteiger partial charge < -0.3 is 10.0 Å². The van der Waals surface area contributed by atoms with Crippen LogP contribution in [0.25, 0.3) is 10.8 Å². The summed E-state index contributed by atoms with van der Waals surface area (Å²) in [6, 6.07) is 14.2. The predicted octanol–water partition coefficient (Wildman–Crippen LogP) is 2.61. The molecule has 0 unspecified atom stereocenters. The topological polar surface area (TPSA) is 40.5 Å². The highest BCUT2D eigenvalue weighted by Crippen LogP contribution is 2.29. The Morgan fingerprint density at radius 3 is 2.57 bits per heavy atom. The van der Waals surface area contributed by atoms with Crippen LogP contribution in [0.3, 0.4) is 0 Å². The first kappa shape index (κ1) is 14.1. The van der Waals surface area contributed by atoms with E-state index in [1.165, 1.54) is 0 Å². The minimum absolute atomic E-state index is 0.0941. The molecule has 0 spiro atoms. The molecule has 1 aliphatic rings. The van der Waals surface area contributed by atoms with Crippen LogP contribution < -0.4 is 0 Å². The zero-order valence-corrected chi connectivity index (χ0v) is 12.5. The van der Waals surface area contributed by atoms with Crippen molar-refractivity contribution in [2.45, 2.75) is 25.9 Å². The van der Waals surface area contributed by atoms with Gasteiger partial charge in [0.2, 0.25) is 5.91 Å². The van der Waals surface area contributed by atoms with Crippen LogP contribution in [0.2, 0.25) is 0 Å². The molecule has 3 nitrogen and oxygen atoms in total. The maximum absolute atomic E-state index is 12.4. The molecule has 0 aromatic heterocycles. The SMILES string of the molecule is CC(C)C1(O)CN(C(=O)Cc2cccc3ccccc23)C1. The molecule has 0 atom stereocenters. The average molecular weight is 283 g/mol. The Bertz CT molecular complexity index is 666. The summed E-state index contributed by atoms with van der Waals surface area (Å²) in [6.07, 6.45) is 0.398. The molecule has 0 bridgehead atoms. The van der Waals surface area contributed by atoms with Crippen LogP contribution in [-0.2, 0) is 11.2 Å². The lowest BCUT2D eigenvalue weighted by Crippen LogP contribution is -2.66. The van der Waals surface area contributed by atoms with Crippen molar-refractivity contribution >= 4 is 16.7 Å². The first-order valence-corrected chi connectivity index (χ1v) is 7.46. The van der Waals surface area contributed by atoms with E-state index in [1.807, 2.05) is 38.1 Å². The standard InChI is InChI=1S/C18H21NO2/c1-13(2)18(21)11-19(12-18)17(20)10-15-8-5-7-14-6-3-4-9-16(14)15/h3-9,13,21H,10-12H2,1-2H3. The van der Waals surface area contributed by atoms with Crippen molar-refractivity contribution in [3.63, 3.8) is 0 Å². The molecule has 1 aliphatic heterocycles. The van der Waals surface area contributed by atoms with Crippen LogP contribution in [0, 0.1) is 5.92 Å². The number of hydrogen-bond acceptors (Lipinski definition) is 2. The van der Waals surface area contributed by atoms with E-state index >= 15 is 0 Å². The molecular formula is C18H21NO2. The Kier molecular flexibility index (Phi) is 3.46. The second-order valence-corrected chi connectivity index (χ2v) is 6.32. The fraction of sp³-hybridized carbons (Fsp3) is 0.389. The smallest absolute Gasteiger partial charge is 0.227 e. The second kappa shape index (κ2) is 5.15. The van der Waals surface area contributed by atoms with Crippen molar-refractivity contribution in [3.05, 3.63) is 48.0 Å². The summed E-state index contributed by atoms with van der Waals surface area (Å²) in [5.74, 6) is 0.274. The molecule has 0 aliphatic carbocycles. The number of likely N-dealkylation sites (tertiary alicyclic amines) is 1. The Morgan fingerprint density at radius 2 is 1.86 bits per heavy atom. The van der Waals surface area contributed by atoms with E-state index in [0.29, 0.717) is 19.5 Å². The third-order valence-corrected chi connectivity index (χ3v) is 4.58. The van der Waals surface area contributed by atoms with E-state index in [2.05, 4.69) is 18.2 Å². The number of β-amino-alcohol motifs (C(OH)–C–C–N with tert-alkyl or cyclic N) is 1. The van der Waals surface area contributed by atoms with E-state index in [4.69, 9.17) is 0 Å². The third kappa shape index (κ3) is 2.54. The van der Waals surface area contributed by atoms with Gasteiger partial charge in [0.05, 0.1) is 19.5 Å².